The normalized spacial score (nSPS) is 22.3. The molecule has 1 saturated carbocycles. The largest absolute Gasteiger partial charge is 0.472 e. The van der Waals surface area contributed by atoms with Crippen molar-refractivity contribution in [1.82, 2.24) is 0 Å². The minimum atomic E-state index is -5.02. The molecule has 13 heteroatoms. The first-order valence-corrected chi connectivity index (χ1v) is 26.3. The highest BCUT2D eigenvalue weighted by Gasteiger charge is 2.51. The fraction of sp³-hybridized carbons (Fsp3) is 0.857. The van der Waals surface area contributed by atoms with Crippen LogP contribution in [0.15, 0.2) is 36.5 Å². The molecule has 6 unspecified atom stereocenters. The molecular weight excluding hydrogens is 812 g/mol. The van der Waals surface area contributed by atoms with Gasteiger partial charge in [-0.25, -0.2) is 4.57 Å². The van der Waals surface area contributed by atoms with Crippen LogP contribution >= 0.6 is 7.82 Å². The summed E-state index contributed by atoms with van der Waals surface area (Å²) in [5.74, 6) is -0.488. The first kappa shape index (κ1) is 58.6. The SMILES string of the molecule is CCCC/C=C\CCCCCCCC(=O)OC(COCCCCCCCCCCCCCC/C=C\C/C=C\CCCCCCC)COP(=O)(O)OC1C(O)C(O)C(O)C(O)C1O. The van der Waals surface area contributed by atoms with Gasteiger partial charge in [0.15, 0.2) is 0 Å². The van der Waals surface area contributed by atoms with Crippen molar-refractivity contribution in [2.75, 3.05) is 19.8 Å². The van der Waals surface area contributed by atoms with Crippen LogP contribution in [-0.2, 0) is 27.9 Å². The number of unbranched alkanes of at least 4 members (excludes halogenated alkanes) is 24. The van der Waals surface area contributed by atoms with Crippen LogP contribution in [-0.4, -0.2) is 98.9 Å². The Morgan fingerprint density at radius 2 is 0.919 bits per heavy atom. The van der Waals surface area contributed by atoms with Crippen molar-refractivity contribution in [3.05, 3.63) is 36.5 Å². The molecule has 1 aliphatic carbocycles. The second-order valence-corrected chi connectivity index (χ2v) is 18.7. The molecule has 0 saturated heterocycles. The molecule has 364 valence electrons. The fourth-order valence-electron chi connectivity index (χ4n) is 7.48. The maximum atomic E-state index is 12.8. The lowest BCUT2D eigenvalue weighted by Gasteiger charge is -2.41. The molecule has 0 radical (unpaired) electrons. The minimum absolute atomic E-state index is 0.0799. The molecule has 0 aliphatic heterocycles. The van der Waals surface area contributed by atoms with Crippen LogP contribution in [0.5, 0.6) is 0 Å². The Morgan fingerprint density at radius 1 is 0.516 bits per heavy atom. The van der Waals surface area contributed by atoms with Crippen LogP contribution in [0.4, 0.5) is 0 Å². The number of rotatable bonds is 42. The highest BCUT2D eigenvalue weighted by molar-refractivity contribution is 7.47. The molecule has 6 atom stereocenters. The molecule has 0 heterocycles. The van der Waals surface area contributed by atoms with Crippen LogP contribution in [0.2, 0.25) is 0 Å². The number of ether oxygens (including phenoxy) is 2. The molecule has 0 aromatic rings. The average Bonchev–Trinajstić information content (AvgIpc) is 3.26. The lowest BCUT2D eigenvalue weighted by atomic mass is 9.85. The monoisotopic (exact) mass is 903 g/mol. The molecule has 0 amide bonds. The number of allylic oxidation sites excluding steroid dienone is 6. The van der Waals surface area contributed by atoms with Crippen LogP contribution in [0, 0.1) is 0 Å². The molecule has 1 fully saturated rings. The number of esters is 1. The zero-order chi connectivity index (χ0) is 45.5. The quantitative estimate of drug-likeness (QED) is 0.0147. The van der Waals surface area contributed by atoms with Gasteiger partial charge in [0, 0.05) is 13.0 Å². The maximum absolute atomic E-state index is 12.8. The summed E-state index contributed by atoms with van der Waals surface area (Å²) in [5.41, 5.74) is 0. The number of hydrogen-bond donors (Lipinski definition) is 6. The van der Waals surface area contributed by atoms with Gasteiger partial charge in [-0.3, -0.25) is 13.8 Å². The molecule has 1 aliphatic rings. The van der Waals surface area contributed by atoms with E-state index in [1.54, 1.807) is 0 Å². The number of aliphatic hydroxyl groups excluding tert-OH is 5. The predicted molar refractivity (Wildman–Crippen MR) is 249 cm³/mol. The number of carbonyl (C=O) groups excluding carboxylic acids is 1. The summed E-state index contributed by atoms with van der Waals surface area (Å²) in [5, 5.41) is 50.2. The van der Waals surface area contributed by atoms with E-state index in [1.165, 1.54) is 116 Å². The van der Waals surface area contributed by atoms with Crippen molar-refractivity contribution in [1.29, 1.82) is 0 Å². The molecular formula is C49H91O12P. The Kier molecular flexibility index (Phi) is 37.7. The van der Waals surface area contributed by atoms with Crippen LogP contribution in [0.1, 0.15) is 206 Å². The van der Waals surface area contributed by atoms with E-state index in [4.69, 9.17) is 18.5 Å². The van der Waals surface area contributed by atoms with Gasteiger partial charge >= 0.3 is 13.8 Å². The highest BCUT2D eigenvalue weighted by Crippen LogP contribution is 2.47. The van der Waals surface area contributed by atoms with Crippen LogP contribution in [0.25, 0.3) is 0 Å². The Hall–Kier alpha value is -1.44. The van der Waals surface area contributed by atoms with Crippen molar-refractivity contribution in [2.45, 2.75) is 249 Å². The van der Waals surface area contributed by atoms with Crippen molar-refractivity contribution in [2.24, 2.45) is 0 Å². The Morgan fingerprint density at radius 3 is 1.42 bits per heavy atom. The number of carbonyl (C=O) groups is 1. The molecule has 12 nitrogen and oxygen atoms in total. The second-order valence-electron chi connectivity index (χ2n) is 17.3. The van der Waals surface area contributed by atoms with Gasteiger partial charge < -0.3 is 39.9 Å². The molecule has 62 heavy (non-hydrogen) atoms. The van der Waals surface area contributed by atoms with Crippen LogP contribution in [0.3, 0.4) is 0 Å². The molecule has 0 bridgehead atoms. The summed E-state index contributed by atoms with van der Waals surface area (Å²) >= 11 is 0. The van der Waals surface area contributed by atoms with Crippen molar-refractivity contribution >= 4 is 13.8 Å². The zero-order valence-corrected chi connectivity index (χ0v) is 39.8. The van der Waals surface area contributed by atoms with Gasteiger partial charge in [0.2, 0.25) is 0 Å². The van der Waals surface area contributed by atoms with Gasteiger partial charge in [-0.15, -0.1) is 0 Å². The standard InChI is InChI=1S/C49H91O12P/c1-3-5-7-9-11-13-15-16-17-18-19-20-21-22-23-24-25-26-27-29-31-33-35-37-39-58-40-42(60-43(50)38-36-34-32-30-28-14-12-10-8-6-4-2)41-59-62(56,57)61-49-47(54)45(52)44(51)46(53)48(49)55/h10,12,15-16,18-19,42,44-49,51-55H,3-9,11,13-14,17,20-41H2,1-2H3,(H,56,57)/b12-10-,16-15-,19-18-. The van der Waals surface area contributed by atoms with E-state index in [-0.39, 0.29) is 13.0 Å². The minimum Gasteiger partial charge on any atom is -0.457 e. The summed E-state index contributed by atoms with van der Waals surface area (Å²) in [6, 6.07) is 0. The van der Waals surface area contributed by atoms with E-state index in [0.29, 0.717) is 13.0 Å². The smallest absolute Gasteiger partial charge is 0.457 e. The average molecular weight is 903 g/mol. The topological polar surface area (TPSA) is 192 Å². The molecule has 0 spiro atoms. The highest BCUT2D eigenvalue weighted by atomic mass is 31.2. The van der Waals surface area contributed by atoms with Gasteiger partial charge in [0.05, 0.1) is 13.2 Å². The number of phosphoric ester groups is 1. The summed E-state index contributed by atoms with van der Waals surface area (Å²) in [6.45, 7) is 4.20. The fourth-order valence-corrected chi connectivity index (χ4v) is 8.46. The number of aliphatic hydroxyl groups is 5. The van der Waals surface area contributed by atoms with Gasteiger partial charge in [0.1, 0.15) is 42.7 Å². The number of phosphoric acid groups is 1. The van der Waals surface area contributed by atoms with E-state index in [0.717, 1.165) is 64.2 Å². The molecule has 6 N–H and O–H groups in total. The lowest BCUT2D eigenvalue weighted by molar-refractivity contribution is -0.220. The molecule has 0 aromatic heterocycles. The van der Waals surface area contributed by atoms with E-state index in [1.807, 2.05) is 0 Å². The Bertz CT molecular complexity index is 1170. The third-order valence-corrected chi connectivity index (χ3v) is 12.5. The van der Waals surface area contributed by atoms with Gasteiger partial charge in [-0.05, 0) is 64.2 Å². The third kappa shape index (κ3) is 31.4. The van der Waals surface area contributed by atoms with Gasteiger partial charge in [-0.1, -0.05) is 172 Å². The van der Waals surface area contributed by atoms with Gasteiger partial charge in [0.25, 0.3) is 0 Å². The third-order valence-electron chi connectivity index (χ3n) is 11.5. The number of hydrogen-bond acceptors (Lipinski definition) is 11. The summed E-state index contributed by atoms with van der Waals surface area (Å²) < 4.78 is 34.2. The zero-order valence-electron chi connectivity index (χ0n) is 38.9. The van der Waals surface area contributed by atoms with E-state index in [9.17, 15) is 39.8 Å². The van der Waals surface area contributed by atoms with Gasteiger partial charge in [-0.2, -0.15) is 0 Å². The molecule has 0 aromatic carbocycles. The van der Waals surface area contributed by atoms with E-state index in [2.05, 4.69) is 50.3 Å². The first-order valence-electron chi connectivity index (χ1n) is 24.8. The Labute approximate surface area is 376 Å². The molecule has 1 rings (SSSR count). The summed E-state index contributed by atoms with van der Waals surface area (Å²) in [6.07, 6.45) is 35.1. The maximum Gasteiger partial charge on any atom is 0.472 e. The lowest BCUT2D eigenvalue weighted by Crippen LogP contribution is -2.64. The Balaban J connectivity index is 2.29. The van der Waals surface area contributed by atoms with Crippen molar-refractivity contribution < 1.29 is 58.3 Å². The van der Waals surface area contributed by atoms with Crippen LogP contribution < -0.4 is 0 Å². The van der Waals surface area contributed by atoms with Crippen molar-refractivity contribution in [3.63, 3.8) is 0 Å². The van der Waals surface area contributed by atoms with Crippen molar-refractivity contribution in [3.8, 4) is 0 Å². The second kappa shape index (κ2) is 39.9. The summed E-state index contributed by atoms with van der Waals surface area (Å²) in [7, 11) is -5.02. The van der Waals surface area contributed by atoms with E-state index < -0.39 is 63.1 Å². The predicted octanol–water partition coefficient (Wildman–Crippen LogP) is 10.6. The first-order chi connectivity index (χ1) is 30.0. The summed E-state index contributed by atoms with van der Waals surface area (Å²) in [4.78, 5) is 23.1. The van der Waals surface area contributed by atoms with E-state index >= 15 is 0 Å².